The lowest BCUT2D eigenvalue weighted by molar-refractivity contribution is 0.590. The van der Waals surface area contributed by atoms with Gasteiger partial charge < -0.3 is 19.6 Å². The van der Waals surface area contributed by atoms with E-state index in [0.29, 0.717) is 0 Å². The first kappa shape index (κ1) is 64.3. The minimum absolute atomic E-state index is 0.0256. The molecule has 0 spiro atoms. The number of rotatable bonds is 8. The third-order valence-electron chi connectivity index (χ3n) is 21.1. The second kappa shape index (κ2) is 22.5. The van der Waals surface area contributed by atoms with Crippen molar-refractivity contribution in [3.05, 3.63) is 269 Å². The summed E-state index contributed by atoms with van der Waals surface area (Å²) in [4.78, 5) is 10.4. The summed E-state index contributed by atoms with van der Waals surface area (Å²) in [5, 5.41) is 2.50. The molecule has 0 aromatic heterocycles. The molecule has 0 N–H and O–H groups in total. The predicted octanol–water partition coefficient (Wildman–Crippen LogP) is 24.0. The topological polar surface area (TPSA) is 13.0 Å². The number of benzene rings is 11. The molecule has 0 unspecified atom stereocenters. The van der Waals surface area contributed by atoms with Crippen LogP contribution in [0.15, 0.2) is 224 Å². The molecule has 0 saturated carbocycles. The SMILES string of the molecule is CC(C)(C)c1ccc(N(c2ccc(C(C)(C)C)cc2)c2cc3c4c(c2)N(c2ccc(C(C)(C)C)cc2)c2ccc5ccccc5c2B4c2cc(C(C)(C)C)ccc2N3c2cc3c(c(N(c4ccc(C(C)(C)C)cc4)c4ccc(C(C)(C)C)cc4)c2)C(C)(C)c2ccccc2-3)cc1. The maximum Gasteiger partial charge on any atom is 0.252 e. The molecule has 0 atom stereocenters. The fourth-order valence-electron chi connectivity index (χ4n) is 15.5. The van der Waals surface area contributed by atoms with Crippen LogP contribution < -0.4 is 36.0 Å². The molecule has 0 amide bonds. The van der Waals surface area contributed by atoms with Gasteiger partial charge in [-0.25, -0.2) is 0 Å². The van der Waals surface area contributed by atoms with Crippen LogP contribution in [0.2, 0.25) is 0 Å². The van der Waals surface area contributed by atoms with Crippen molar-refractivity contribution in [1.29, 1.82) is 0 Å². The minimum Gasteiger partial charge on any atom is -0.311 e. The van der Waals surface area contributed by atoms with Gasteiger partial charge in [-0.2, -0.15) is 0 Å². The first-order valence-corrected chi connectivity index (χ1v) is 35.0. The average molecular weight is 1260 g/mol. The van der Waals surface area contributed by atoms with Gasteiger partial charge in [-0.3, -0.25) is 0 Å². The third-order valence-corrected chi connectivity index (χ3v) is 21.1. The Labute approximate surface area is 574 Å². The van der Waals surface area contributed by atoms with Crippen LogP contribution >= 0.6 is 0 Å². The van der Waals surface area contributed by atoms with Crippen LogP contribution in [0.4, 0.5) is 68.2 Å². The van der Waals surface area contributed by atoms with E-state index in [0.717, 1.165) is 56.9 Å². The van der Waals surface area contributed by atoms with Gasteiger partial charge in [0.25, 0.3) is 6.71 Å². The summed E-state index contributed by atoms with van der Waals surface area (Å²) >= 11 is 0. The lowest BCUT2D eigenvalue weighted by atomic mass is 9.32. The molecule has 14 rings (SSSR count). The van der Waals surface area contributed by atoms with Crippen molar-refractivity contribution >= 4 is 102 Å². The van der Waals surface area contributed by atoms with E-state index in [1.807, 2.05) is 0 Å². The fourth-order valence-corrected chi connectivity index (χ4v) is 15.5. The highest BCUT2D eigenvalue weighted by Crippen LogP contribution is 2.58. The summed E-state index contributed by atoms with van der Waals surface area (Å²) in [5.41, 5.74) is 29.8. The second-order valence-corrected chi connectivity index (χ2v) is 34.5. The Morgan fingerprint density at radius 1 is 0.312 bits per heavy atom. The molecule has 2 heterocycles. The van der Waals surface area contributed by atoms with E-state index >= 15 is 0 Å². The van der Waals surface area contributed by atoms with Crippen LogP contribution in [0.25, 0.3) is 21.9 Å². The van der Waals surface area contributed by atoms with E-state index in [1.165, 1.54) is 94.2 Å². The standard InChI is InChI=1S/C91H97BN4/c1-85(2,3)59-30-41-65(42-31-59)93(66-43-32-60(33-44-66)86(4,5)6)71-56-80-84-81(57-71)96(77-52-40-64(90(16,17)18)53-76(77)92(84)83-72-26-22-21-25-58(72)29-51-78(83)95(80)69-49-38-63(39-50-69)89(13,14)15)70-54-74-73-27-23-24-28-75(73)91(19,20)82(74)79(55-70)94(67-45-34-61(35-46-67)87(7,8)9)68-47-36-62(37-48-68)88(10,11)12/h21-57H,1-20H3. The van der Waals surface area contributed by atoms with Crippen molar-refractivity contribution in [2.75, 3.05) is 19.6 Å². The number of nitrogens with zero attached hydrogens (tertiary/aromatic N) is 4. The molecule has 2 aliphatic heterocycles. The zero-order valence-electron chi connectivity index (χ0n) is 60.7. The van der Waals surface area contributed by atoms with Crippen LogP contribution in [0, 0.1) is 0 Å². The molecule has 4 nitrogen and oxygen atoms in total. The van der Waals surface area contributed by atoms with Crippen LogP contribution in [0.1, 0.15) is 183 Å². The number of anilines is 12. The highest BCUT2D eigenvalue weighted by atomic mass is 15.2. The van der Waals surface area contributed by atoms with Crippen LogP contribution in [-0.2, 0) is 37.9 Å². The Balaban J connectivity index is 1.15. The van der Waals surface area contributed by atoms with Gasteiger partial charge in [-0.05, 0) is 212 Å². The molecule has 484 valence electrons. The van der Waals surface area contributed by atoms with Crippen LogP contribution in [0.5, 0.6) is 0 Å². The molecule has 0 bridgehead atoms. The zero-order valence-corrected chi connectivity index (χ0v) is 60.7. The summed E-state index contributed by atoms with van der Waals surface area (Å²) in [5.74, 6) is 0. The first-order valence-electron chi connectivity index (χ1n) is 35.0. The third kappa shape index (κ3) is 11.0. The molecule has 96 heavy (non-hydrogen) atoms. The van der Waals surface area contributed by atoms with Crippen LogP contribution in [-0.4, -0.2) is 6.71 Å². The largest absolute Gasteiger partial charge is 0.311 e. The van der Waals surface area contributed by atoms with Crippen LogP contribution in [0.3, 0.4) is 0 Å². The fraction of sp³-hybridized carbons (Fsp3) is 0.297. The van der Waals surface area contributed by atoms with Crippen molar-refractivity contribution in [2.24, 2.45) is 0 Å². The molecular formula is C91H97BN4. The van der Waals surface area contributed by atoms with Gasteiger partial charge in [-0.1, -0.05) is 266 Å². The molecule has 11 aromatic carbocycles. The predicted molar refractivity (Wildman–Crippen MR) is 417 cm³/mol. The molecule has 0 radical (unpaired) electrons. The summed E-state index contributed by atoms with van der Waals surface area (Å²) < 4.78 is 0. The van der Waals surface area contributed by atoms with Crippen molar-refractivity contribution < 1.29 is 0 Å². The molecule has 0 fully saturated rings. The second-order valence-electron chi connectivity index (χ2n) is 34.5. The Morgan fingerprint density at radius 3 is 1.20 bits per heavy atom. The molecule has 3 aliphatic rings. The number of fused-ring (bicyclic) bond motifs is 9. The summed E-state index contributed by atoms with van der Waals surface area (Å²) in [6.07, 6.45) is 0. The Bertz CT molecular complexity index is 4700. The molecule has 1 aliphatic carbocycles. The van der Waals surface area contributed by atoms with Gasteiger partial charge in [0.1, 0.15) is 0 Å². The van der Waals surface area contributed by atoms with Gasteiger partial charge in [0.05, 0.1) is 11.4 Å². The molecule has 0 saturated heterocycles. The van der Waals surface area contributed by atoms with Gasteiger partial charge >= 0.3 is 0 Å². The Kier molecular flexibility index (Phi) is 15.1. The van der Waals surface area contributed by atoms with Gasteiger partial charge in [0.15, 0.2) is 0 Å². The lowest BCUT2D eigenvalue weighted by Crippen LogP contribution is -2.61. The summed E-state index contributed by atoms with van der Waals surface area (Å²) in [7, 11) is 0. The molecule has 5 heteroatoms. The van der Waals surface area contributed by atoms with Crippen molar-refractivity contribution in [1.82, 2.24) is 0 Å². The quantitative estimate of drug-likeness (QED) is 0.141. The highest BCUT2D eigenvalue weighted by Gasteiger charge is 2.47. The van der Waals surface area contributed by atoms with E-state index in [-0.39, 0.29) is 44.6 Å². The smallest absolute Gasteiger partial charge is 0.252 e. The lowest BCUT2D eigenvalue weighted by Gasteiger charge is -2.46. The Hall–Kier alpha value is -9.06. The van der Waals surface area contributed by atoms with Crippen molar-refractivity contribution in [3.63, 3.8) is 0 Å². The normalized spacial score (nSPS) is 14.3. The van der Waals surface area contributed by atoms with E-state index < -0.39 is 0 Å². The summed E-state index contributed by atoms with van der Waals surface area (Å²) in [6, 6.07) is 87.9. The van der Waals surface area contributed by atoms with Gasteiger partial charge in [-0.15, -0.1) is 0 Å². The number of hydrogen-bond acceptors (Lipinski definition) is 4. The number of hydrogen-bond donors (Lipinski definition) is 0. The molecular weight excluding hydrogens is 1160 g/mol. The maximum absolute atomic E-state index is 2.68. The first-order chi connectivity index (χ1) is 45.2. The summed E-state index contributed by atoms with van der Waals surface area (Å²) in [6.45, 7) is 46.5. The van der Waals surface area contributed by atoms with E-state index in [4.69, 9.17) is 0 Å². The highest BCUT2D eigenvalue weighted by molar-refractivity contribution is 7.01. The average Bonchev–Trinajstić information content (AvgIpc) is 0.866. The van der Waals surface area contributed by atoms with Crippen molar-refractivity contribution in [2.45, 2.75) is 176 Å². The molecule has 11 aromatic rings. The van der Waals surface area contributed by atoms with Gasteiger partial charge in [0, 0.05) is 62.3 Å². The van der Waals surface area contributed by atoms with E-state index in [1.54, 1.807) is 0 Å². The van der Waals surface area contributed by atoms with Crippen molar-refractivity contribution in [3.8, 4) is 11.1 Å². The van der Waals surface area contributed by atoms with Gasteiger partial charge in [0.2, 0.25) is 0 Å². The minimum atomic E-state index is -0.361. The zero-order chi connectivity index (χ0) is 68.1. The maximum atomic E-state index is 2.68. The van der Waals surface area contributed by atoms with E-state index in [2.05, 4.69) is 383 Å². The monoisotopic (exact) mass is 1260 g/mol. The Morgan fingerprint density at radius 2 is 0.719 bits per heavy atom. The van der Waals surface area contributed by atoms with E-state index in [9.17, 15) is 0 Å².